The first kappa shape index (κ1) is 20.7. The largest absolute Gasteiger partial charge is 0.268 e. The number of aromatic nitrogens is 2. The molecule has 2 heterocycles. The van der Waals surface area contributed by atoms with Crippen molar-refractivity contribution in [2.24, 2.45) is 0 Å². The van der Waals surface area contributed by atoms with Crippen LogP contribution in [0.15, 0.2) is 103 Å². The highest BCUT2D eigenvalue weighted by molar-refractivity contribution is 7.81. The number of anilines is 3. The maximum atomic E-state index is 13.6. The summed E-state index contributed by atoms with van der Waals surface area (Å²) in [5, 5.41) is 0.775. The maximum Gasteiger partial charge on any atom is 0.264 e. The van der Waals surface area contributed by atoms with E-state index in [-0.39, 0.29) is 11.0 Å². The number of hydrogen-bond acceptors (Lipinski definition) is 4. The lowest BCUT2D eigenvalue weighted by molar-refractivity contribution is 0.100. The number of amides is 1. The van der Waals surface area contributed by atoms with Crippen molar-refractivity contribution in [3.05, 3.63) is 114 Å². The van der Waals surface area contributed by atoms with Crippen LogP contribution in [-0.4, -0.2) is 21.0 Å². The average Bonchev–Trinajstić information content (AvgIpc) is 2.82. The molecule has 0 saturated carbocycles. The topological polar surface area (TPSA) is 49.3 Å². The lowest BCUT2D eigenvalue weighted by Crippen LogP contribution is -2.45. The van der Waals surface area contributed by atoms with E-state index in [0.29, 0.717) is 27.9 Å². The second-order valence-electron chi connectivity index (χ2n) is 6.48. The molecule has 2 aromatic carbocycles. The Kier molecular flexibility index (Phi) is 6.31. The van der Waals surface area contributed by atoms with Crippen molar-refractivity contribution in [1.29, 1.82) is 0 Å². The number of carbonyl (C=O) groups excluding carboxylic acids is 1. The van der Waals surface area contributed by atoms with Crippen LogP contribution in [-0.2, 0) is 0 Å². The van der Waals surface area contributed by atoms with Crippen LogP contribution in [0.4, 0.5) is 17.3 Å². The van der Waals surface area contributed by atoms with E-state index in [1.807, 2.05) is 66.7 Å². The zero-order valence-corrected chi connectivity index (χ0v) is 17.9. The van der Waals surface area contributed by atoms with Crippen LogP contribution in [0.2, 0.25) is 5.02 Å². The minimum Gasteiger partial charge on any atom is -0.268 e. The molecule has 0 aliphatic heterocycles. The van der Waals surface area contributed by atoms with Crippen LogP contribution in [0.5, 0.6) is 0 Å². The molecule has 0 aliphatic carbocycles. The Balaban J connectivity index is 1.83. The number of benzene rings is 2. The molecule has 31 heavy (non-hydrogen) atoms. The molecule has 0 N–H and O–H groups in total. The van der Waals surface area contributed by atoms with E-state index in [9.17, 15) is 4.79 Å². The van der Waals surface area contributed by atoms with Crippen molar-refractivity contribution < 1.29 is 4.79 Å². The van der Waals surface area contributed by atoms with Crippen molar-refractivity contribution in [1.82, 2.24) is 9.97 Å². The summed E-state index contributed by atoms with van der Waals surface area (Å²) in [6, 6.07) is 26.9. The zero-order valence-electron chi connectivity index (χ0n) is 16.3. The molecular weight excluding hydrogens is 428 g/mol. The summed E-state index contributed by atoms with van der Waals surface area (Å²) in [6.45, 7) is 0. The van der Waals surface area contributed by atoms with Crippen LogP contribution >= 0.6 is 23.8 Å². The third-order valence-corrected chi connectivity index (χ3v) is 5.07. The van der Waals surface area contributed by atoms with Gasteiger partial charge in [0.25, 0.3) is 5.91 Å². The quantitative estimate of drug-likeness (QED) is 0.367. The van der Waals surface area contributed by atoms with Crippen LogP contribution in [0.1, 0.15) is 10.4 Å². The molecule has 4 aromatic rings. The van der Waals surface area contributed by atoms with Crippen LogP contribution in [0, 0.1) is 0 Å². The predicted octanol–water partition coefficient (Wildman–Crippen LogP) is 5.90. The molecule has 152 valence electrons. The molecule has 0 bridgehead atoms. The summed E-state index contributed by atoms with van der Waals surface area (Å²) in [6.07, 6.45) is 3.34. The molecule has 0 saturated heterocycles. The second kappa shape index (κ2) is 9.47. The van der Waals surface area contributed by atoms with Crippen molar-refractivity contribution >= 4 is 52.2 Å². The molecule has 2 aromatic heterocycles. The molecule has 0 unspecified atom stereocenters. The van der Waals surface area contributed by atoms with Gasteiger partial charge in [-0.3, -0.25) is 14.6 Å². The van der Waals surface area contributed by atoms with E-state index in [4.69, 9.17) is 23.8 Å². The van der Waals surface area contributed by atoms with E-state index >= 15 is 0 Å². The molecule has 0 atom stereocenters. The molecule has 4 rings (SSSR count). The zero-order chi connectivity index (χ0) is 21.6. The van der Waals surface area contributed by atoms with E-state index in [2.05, 4.69) is 9.97 Å². The highest BCUT2D eigenvalue weighted by atomic mass is 35.5. The van der Waals surface area contributed by atoms with Gasteiger partial charge in [0.05, 0.1) is 5.69 Å². The van der Waals surface area contributed by atoms with Gasteiger partial charge in [0.2, 0.25) is 0 Å². The number of halogens is 1. The van der Waals surface area contributed by atoms with E-state index in [0.717, 1.165) is 0 Å². The van der Waals surface area contributed by atoms with Gasteiger partial charge in [-0.15, -0.1) is 0 Å². The minimum atomic E-state index is -0.287. The number of para-hydroxylation sites is 1. The molecule has 1 amide bonds. The number of hydrogen-bond donors (Lipinski definition) is 0. The van der Waals surface area contributed by atoms with Crippen molar-refractivity contribution in [2.75, 3.05) is 9.80 Å². The smallest absolute Gasteiger partial charge is 0.264 e. The fourth-order valence-electron chi connectivity index (χ4n) is 3.00. The van der Waals surface area contributed by atoms with E-state index in [1.165, 1.54) is 4.90 Å². The first-order valence-electron chi connectivity index (χ1n) is 9.46. The summed E-state index contributed by atoms with van der Waals surface area (Å²) in [7, 11) is 0. The van der Waals surface area contributed by atoms with Gasteiger partial charge in [-0.2, -0.15) is 0 Å². The summed E-state index contributed by atoms with van der Waals surface area (Å²) in [5.41, 5.74) is 1.09. The lowest BCUT2D eigenvalue weighted by atomic mass is 10.2. The maximum absolute atomic E-state index is 13.6. The minimum absolute atomic E-state index is 0.226. The Bertz CT molecular complexity index is 1130. The number of carbonyl (C=O) groups is 1. The van der Waals surface area contributed by atoms with Crippen molar-refractivity contribution in [3.8, 4) is 0 Å². The molecule has 0 aliphatic rings. The SMILES string of the molecule is O=C(c1ccc(Cl)cc1)N(C(=S)N(c1ccccn1)c1ccccn1)c1ccccc1. The number of rotatable bonds is 4. The standard InChI is InChI=1S/C24H17ClN4OS/c25-19-14-12-18(13-15-19)23(30)28(20-8-2-1-3-9-20)24(31)29(21-10-4-6-16-26-21)22-11-5-7-17-27-22/h1-17H. The molecule has 7 heteroatoms. The third kappa shape index (κ3) is 4.60. The second-order valence-corrected chi connectivity index (χ2v) is 7.28. The van der Waals surface area contributed by atoms with Crippen LogP contribution in [0.25, 0.3) is 0 Å². The van der Waals surface area contributed by atoms with Gasteiger partial charge in [0, 0.05) is 23.0 Å². The predicted molar refractivity (Wildman–Crippen MR) is 128 cm³/mol. The lowest BCUT2D eigenvalue weighted by Gasteiger charge is -2.31. The molecule has 0 radical (unpaired) electrons. The Hall–Kier alpha value is -3.61. The summed E-state index contributed by atoms with van der Waals surface area (Å²) in [5.74, 6) is 0.816. The molecule has 0 fully saturated rings. The Morgan fingerprint density at radius 1 is 0.742 bits per heavy atom. The number of thiocarbonyl (C=S) groups is 1. The summed E-state index contributed by atoms with van der Waals surface area (Å²) in [4.78, 5) is 25.6. The van der Waals surface area contributed by atoms with E-state index < -0.39 is 0 Å². The van der Waals surface area contributed by atoms with E-state index in [1.54, 1.807) is 41.6 Å². The van der Waals surface area contributed by atoms with Gasteiger partial charge in [-0.05, 0) is 72.9 Å². The third-order valence-electron chi connectivity index (χ3n) is 4.45. The summed E-state index contributed by atoms with van der Waals surface area (Å²) < 4.78 is 0. The van der Waals surface area contributed by atoms with Gasteiger partial charge in [0.1, 0.15) is 11.6 Å². The molecular formula is C24H17ClN4OS. The summed E-state index contributed by atoms with van der Waals surface area (Å²) >= 11 is 11.9. The average molecular weight is 445 g/mol. The Labute approximate surface area is 190 Å². The van der Waals surface area contributed by atoms with Crippen LogP contribution in [0.3, 0.4) is 0 Å². The van der Waals surface area contributed by atoms with Gasteiger partial charge < -0.3 is 0 Å². The van der Waals surface area contributed by atoms with Crippen LogP contribution < -0.4 is 9.80 Å². The fraction of sp³-hybridized carbons (Fsp3) is 0. The normalized spacial score (nSPS) is 10.4. The fourth-order valence-corrected chi connectivity index (χ4v) is 3.50. The number of nitrogens with zero attached hydrogens (tertiary/aromatic N) is 4. The van der Waals surface area contributed by atoms with Gasteiger partial charge in [-0.1, -0.05) is 41.9 Å². The number of pyridine rings is 2. The Morgan fingerprint density at radius 3 is 1.81 bits per heavy atom. The monoisotopic (exact) mass is 444 g/mol. The van der Waals surface area contributed by atoms with Crippen molar-refractivity contribution in [3.63, 3.8) is 0 Å². The van der Waals surface area contributed by atoms with Crippen molar-refractivity contribution in [2.45, 2.75) is 0 Å². The van der Waals surface area contributed by atoms with Gasteiger partial charge >= 0.3 is 0 Å². The highest BCUT2D eigenvalue weighted by Crippen LogP contribution is 2.27. The Morgan fingerprint density at radius 2 is 1.29 bits per heavy atom. The van der Waals surface area contributed by atoms with Gasteiger partial charge in [-0.25, -0.2) is 9.97 Å². The molecule has 0 spiro atoms. The first-order valence-corrected chi connectivity index (χ1v) is 10.2. The van der Waals surface area contributed by atoms with Gasteiger partial charge in [0.15, 0.2) is 5.11 Å². The highest BCUT2D eigenvalue weighted by Gasteiger charge is 2.29. The first-order chi connectivity index (χ1) is 15.1. The molecule has 5 nitrogen and oxygen atoms in total.